The summed E-state index contributed by atoms with van der Waals surface area (Å²) < 4.78 is 1.45. The number of carboxylic acid groups (broad SMARTS) is 1. The Bertz CT molecular complexity index is 393. The molecule has 1 aromatic rings. The SMILES string of the molecule is CC(=O)c1c(C(=O)O)cnn1CC(C)C. The molecule has 1 heterocycles. The van der Waals surface area contributed by atoms with E-state index in [0.717, 1.165) is 0 Å². The van der Waals surface area contributed by atoms with Crippen LogP contribution in [0, 0.1) is 5.92 Å². The summed E-state index contributed by atoms with van der Waals surface area (Å²) in [6.07, 6.45) is 1.22. The minimum Gasteiger partial charge on any atom is -0.478 e. The summed E-state index contributed by atoms with van der Waals surface area (Å²) in [5.74, 6) is -1.08. The third kappa shape index (κ3) is 2.43. The molecule has 0 fully saturated rings. The molecule has 0 saturated heterocycles. The van der Waals surface area contributed by atoms with Crippen LogP contribution in [0.15, 0.2) is 6.20 Å². The van der Waals surface area contributed by atoms with Crippen LogP contribution < -0.4 is 0 Å². The summed E-state index contributed by atoms with van der Waals surface area (Å²) in [6, 6.07) is 0. The molecule has 0 amide bonds. The lowest BCUT2D eigenvalue weighted by Crippen LogP contribution is -2.14. The molecule has 15 heavy (non-hydrogen) atoms. The second-order valence-electron chi connectivity index (χ2n) is 3.84. The van der Waals surface area contributed by atoms with Crippen molar-refractivity contribution in [3.8, 4) is 0 Å². The van der Waals surface area contributed by atoms with Gasteiger partial charge in [0.15, 0.2) is 5.78 Å². The van der Waals surface area contributed by atoms with Crippen LogP contribution >= 0.6 is 0 Å². The van der Waals surface area contributed by atoms with Crippen LogP contribution in [0.2, 0.25) is 0 Å². The van der Waals surface area contributed by atoms with Crippen molar-refractivity contribution >= 4 is 11.8 Å². The molecule has 0 aromatic carbocycles. The highest BCUT2D eigenvalue weighted by Crippen LogP contribution is 2.11. The third-order valence-electron chi connectivity index (χ3n) is 1.94. The molecule has 1 N–H and O–H groups in total. The summed E-state index contributed by atoms with van der Waals surface area (Å²) in [4.78, 5) is 22.1. The number of carbonyl (C=O) groups excluding carboxylic acids is 1. The molecule has 0 aliphatic heterocycles. The van der Waals surface area contributed by atoms with Crippen molar-refractivity contribution in [1.29, 1.82) is 0 Å². The van der Waals surface area contributed by atoms with Crippen molar-refractivity contribution in [2.45, 2.75) is 27.3 Å². The highest BCUT2D eigenvalue weighted by atomic mass is 16.4. The molecule has 5 heteroatoms. The number of carbonyl (C=O) groups is 2. The first-order chi connectivity index (χ1) is 6.93. The molecule has 5 nitrogen and oxygen atoms in total. The topological polar surface area (TPSA) is 72.2 Å². The molecule has 0 atom stereocenters. The van der Waals surface area contributed by atoms with E-state index in [1.807, 2.05) is 13.8 Å². The molecule has 0 saturated carbocycles. The lowest BCUT2D eigenvalue weighted by molar-refractivity contribution is 0.0691. The monoisotopic (exact) mass is 210 g/mol. The van der Waals surface area contributed by atoms with Crippen molar-refractivity contribution in [3.05, 3.63) is 17.5 Å². The summed E-state index contributed by atoms with van der Waals surface area (Å²) in [7, 11) is 0. The van der Waals surface area contributed by atoms with E-state index in [1.165, 1.54) is 17.8 Å². The van der Waals surface area contributed by atoms with E-state index in [9.17, 15) is 9.59 Å². The van der Waals surface area contributed by atoms with Gasteiger partial charge in [-0.3, -0.25) is 9.48 Å². The Balaban J connectivity index is 3.18. The third-order valence-corrected chi connectivity index (χ3v) is 1.94. The second-order valence-corrected chi connectivity index (χ2v) is 3.84. The van der Waals surface area contributed by atoms with Gasteiger partial charge < -0.3 is 5.11 Å². The average molecular weight is 210 g/mol. The normalized spacial score (nSPS) is 10.7. The first-order valence-electron chi connectivity index (χ1n) is 4.73. The Morgan fingerprint density at radius 3 is 2.53 bits per heavy atom. The van der Waals surface area contributed by atoms with Gasteiger partial charge in [0.2, 0.25) is 0 Å². The van der Waals surface area contributed by atoms with Gasteiger partial charge in [0, 0.05) is 13.5 Å². The maximum atomic E-state index is 11.3. The zero-order chi connectivity index (χ0) is 11.6. The van der Waals surface area contributed by atoms with Gasteiger partial charge in [-0.25, -0.2) is 4.79 Å². The standard InChI is InChI=1S/C10H14N2O3/c1-6(2)5-12-9(7(3)13)8(4-11-12)10(14)15/h4,6H,5H2,1-3H3,(H,14,15). The molecule has 82 valence electrons. The van der Waals surface area contributed by atoms with E-state index in [1.54, 1.807) is 0 Å². The maximum absolute atomic E-state index is 11.3. The maximum Gasteiger partial charge on any atom is 0.339 e. The molecular formula is C10H14N2O3. The Morgan fingerprint density at radius 2 is 2.13 bits per heavy atom. The van der Waals surface area contributed by atoms with Gasteiger partial charge >= 0.3 is 5.97 Å². The highest BCUT2D eigenvalue weighted by Gasteiger charge is 2.20. The van der Waals surface area contributed by atoms with Crippen LogP contribution in [-0.2, 0) is 6.54 Å². The number of hydrogen-bond acceptors (Lipinski definition) is 3. The average Bonchev–Trinajstić information content (AvgIpc) is 2.46. The number of hydrogen-bond donors (Lipinski definition) is 1. The van der Waals surface area contributed by atoms with E-state index < -0.39 is 5.97 Å². The summed E-state index contributed by atoms with van der Waals surface area (Å²) >= 11 is 0. The van der Waals surface area contributed by atoms with Gasteiger partial charge in [-0.05, 0) is 5.92 Å². The molecule has 0 radical (unpaired) electrons. The molecular weight excluding hydrogens is 196 g/mol. The summed E-state index contributed by atoms with van der Waals surface area (Å²) in [5.41, 5.74) is 0.152. The van der Waals surface area contributed by atoms with Crippen LogP contribution in [0.1, 0.15) is 41.6 Å². The van der Waals surface area contributed by atoms with Crippen LogP contribution in [-0.4, -0.2) is 26.6 Å². The fourth-order valence-electron chi connectivity index (χ4n) is 1.40. The van der Waals surface area contributed by atoms with Gasteiger partial charge in [-0.15, -0.1) is 0 Å². The minimum atomic E-state index is -1.12. The first-order valence-corrected chi connectivity index (χ1v) is 4.73. The zero-order valence-electron chi connectivity index (χ0n) is 9.02. The number of carboxylic acids is 1. The van der Waals surface area contributed by atoms with Gasteiger partial charge in [-0.1, -0.05) is 13.8 Å². The second kappa shape index (κ2) is 4.25. The van der Waals surface area contributed by atoms with E-state index in [4.69, 9.17) is 5.11 Å². The van der Waals surface area contributed by atoms with E-state index >= 15 is 0 Å². The van der Waals surface area contributed by atoms with Gasteiger partial charge in [-0.2, -0.15) is 5.10 Å². The summed E-state index contributed by atoms with van der Waals surface area (Å²) in [5, 5.41) is 12.8. The van der Waals surface area contributed by atoms with Crippen molar-refractivity contribution in [3.63, 3.8) is 0 Å². The molecule has 1 rings (SSSR count). The number of Topliss-reactive ketones (excluding diaryl/α,β-unsaturated/α-hetero) is 1. The molecule has 0 unspecified atom stereocenters. The molecule has 1 aromatic heterocycles. The van der Waals surface area contributed by atoms with Crippen molar-refractivity contribution < 1.29 is 14.7 Å². The van der Waals surface area contributed by atoms with Crippen molar-refractivity contribution in [2.75, 3.05) is 0 Å². The summed E-state index contributed by atoms with van der Waals surface area (Å²) in [6.45, 7) is 5.85. The van der Waals surface area contributed by atoms with Crippen molar-refractivity contribution in [1.82, 2.24) is 9.78 Å². The van der Waals surface area contributed by atoms with E-state index in [2.05, 4.69) is 5.10 Å². The van der Waals surface area contributed by atoms with Crippen LogP contribution in [0.5, 0.6) is 0 Å². The minimum absolute atomic E-state index is 0.0249. The molecule has 0 bridgehead atoms. The van der Waals surface area contributed by atoms with E-state index in [-0.39, 0.29) is 17.0 Å². The molecule has 0 aliphatic rings. The Kier molecular flexibility index (Phi) is 3.24. The zero-order valence-corrected chi connectivity index (χ0v) is 9.02. The Labute approximate surface area is 87.7 Å². The number of nitrogens with zero attached hydrogens (tertiary/aromatic N) is 2. The fourth-order valence-corrected chi connectivity index (χ4v) is 1.40. The number of ketones is 1. The first kappa shape index (κ1) is 11.4. The van der Waals surface area contributed by atoms with Crippen molar-refractivity contribution in [2.24, 2.45) is 5.92 Å². The highest BCUT2D eigenvalue weighted by molar-refractivity contribution is 6.03. The number of aromatic nitrogens is 2. The van der Waals surface area contributed by atoms with Crippen LogP contribution in [0.4, 0.5) is 0 Å². The number of aromatic carboxylic acids is 1. The molecule has 0 spiro atoms. The van der Waals surface area contributed by atoms with Crippen LogP contribution in [0.3, 0.4) is 0 Å². The van der Waals surface area contributed by atoms with Gasteiger partial charge in [0.05, 0.1) is 6.20 Å². The lowest BCUT2D eigenvalue weighted by atomic mass is 10.1. The molecule has 0 aliphatic carbocycles. The lowest BCUT2D eigenvalue weighted by Gasteiger charge is -2.08. The Hall–Kier alpha value is -1.65. The largest absolute Gasteiger partial charge is 0.478 e. The van der Waals surface area contributed by atoms with Gasteiger partial charge in [0.1, 0.15) is 11.3 Å². The van der Waals surface area contributed by atoms with E-state index in [0.29, 0.717) is 12.5 Å². The smallest absolute Gasteiger partial charge is 0.339 e. The van der Waals surface area contributed by atoms with Crippen LogP contribution in [0.25, 0.3) is 0 Å². The number of rotatable bonds is 4. The van der Waals surface area contributed by atoms with Gasteiger partial charge in [0.25, 0.3) is 0 Å². The quantitative estimate of drug-likeness (QED) is 0.763. The fraction of sp³-hybridized carbons (Fsp3) is 0.500. The predicted molar refractivity (Wildman–Crippen MR) is 54.0 cm³/mol. The Morgan fingerprint density at radius 1 is 1.53 bits per heavy atom. The predicted octanol–water partition coefficient (Wildman–Crippen LogP) is 1.44.